The number of hydrogen-bond acceptors (Lipinski definition) is 0. The molecule has 0 heteroatoms. The molecule has 0 nitrogen and oxygen atoms in total. The molecule has 2 atom stereocenters. The molecule has 0 N–H and O–H groups in total. The van der Waals surface area contributed by atoms with Gasteiger partial charge in [0.05, 0.1) is 0 Å². The molecule has 0 aromatic rings. The van der Waals surface area contributed by atoms with Gasteiger partial charge in [-0.15, -0.1) is 0 Å². The van der Waals surface area contributed by atoms with Crippen LogP contribution >= 0.6 is 0 Å². The van der Waals surface area contributed by atoms with Gasteiger partial charge in [-0.1, -0.05) is 62.1 Å². The Kier molecular flexibility index (Phi) is 8.55. The molecule has 2 unspecified atom stereocenters. The molecule has 3 rings (SSSR count). The Hall–Kier alpha value is -0.260. The average molecular weight is 214 g/mol. The summed E-state index contributed by atoms with van der Waals surface area (Å²) in [6.07, 6.45) is 12.0. The van der Waals surface area contributed by atoms with E-state index in [4.69, 9.17) is 0 Å². The standard InChI is InChI=1S/C11H18.4CH4/c1-10-4-3-5-11(2,8-6-10)9-7-10;;;;/h6,8H,3-5,7,9H2,1-2H3;4*1H4. The number of allylic oxidation sites excluding steroid dienone is 2. The molecule has 94 valence electrons. The van der Waals surface area contributed by atoms with E-state index in [2.05, 4.69) is 26.0 Å². The molecule has 0 aliphatic heterocycles. The minimum atomic E-state index is 0. The largest absolute Gasteiger partial charge is 0.0820 e. The summed E-state index contributed by atoms with van der Waals surface area (Å²) < 4.78 is 0. The van der Waals surface area contributed by atoms with Crippen molar-refractivity contribution in [1.82, 2.24) is 0 Å². The van der Waals surface area contributed by atoms with Gasteiger partial charge in [0.1, 0.15) is 0 Å². The van der Waals surface area contributed by atoms with Crippen LogP contribution in [0.25, 0.3) is 0 Å². The number of fused-ring (bicyclic) bond motifs is 3. The van der Waals surface area contributed by atoms with Crippen LogP contribution in [0.15, 0.2) is 12.2 Å². The Morgan fingerprint density at radius 1 is 0.667 bits per heavy atom. The lowest BCUT2D eigenvalue weighted by Crippen LogP contribution is -2.20. The van der Waals surface area contributed by atoms with E-state index in [1.54, 1.807) is 0 Å². The van der Waals surface area contributed by atoms with Crippen LogP contribution in [0.3, 0.4) is 0 Å². The van der Waals surface area contributed by atoms with Crippen molar-refractivity contribution in [2.75, 3.05) is 0 Å². The molecule has 15 heavy (non-hydrogen) atoms. The van der Waals surface area contributed by atoms with Gasteiger partial charge >= 0.3 is 0 Å². The van der Waals surface area contributed by atoms with Crippen LogP contribution in [0.1, 0.15) is 75.7 Å². The van der Waals surface area contributed by atoms with Gasteiger partial charge in [-0.25, -0.2) is 0 Å². The van der Waals surface area contributed by atoms with Crippen molar-refractivity contribution in [2.45, 2.75) is 75.7 Å². The summed E-state index contributed by atoms with van der Waals surface area (Å²) in [5.74, 6) is 0. The van der Waals surface area contributed by atoms with Crippen molar-refractivity contribution in [3.63, 3.8) is 0 Å². The second-order valence-electron chi connectivity index (χ2n) is 4.99. The van der Waals surface area contributed by atoms with E-state index < -0.39 is 0 Å². The fourth-order valence-corrected chi connectivity index (χ4v) is 2.45. The molecule has 3 aliphatic rings. The molecule has 3 aliphatic carbocycles. The highest BCUT2D eigenvalue weighted by atomic mass is 14.4. The zero-order chi connectivity index (χ0) is 7.95. The van der Waals surface area contributed by atoms with Crippen LogP contribution in [0, 0.1) is 10.8 Å². The predicted octanol–water partition coefficient (Wildman–Crippen LogP) is 6.08. The van der Waals surface area contributed by atoms with E-state index in [-0.39, 0.29) is 29.7 Å². The second kappa shape index (κ2) is 6.35. The van der Waals surface area contributed by atoms with Crippen LogP contribution in [0.2, 0.25) is 0 Å². The second-order valence-corrected chi connectivity index (χ2v) is 4.99. The third-order valence-corrected chi connectivity index (χ3v) is 3.65. The SMILES string of the molecule is C.C.C.C.CC12C=CC(C)(CCC1)CC2. The van der Waals surface area contributed by atoms with Crippen LogP contribution in [-0.2, 0) is 0 Å². The normalized spacial score (nSPS) is 36.1. The summed E-state index contributed by atoms with van der Waals surface area (Å²) in [5, 5.41) is 0. The molecule has 1 fully saturated rings. The van der Waals surface area contributed by atoms with Crippen LogP contribution in [0.4, 0.5) is 0 Å². The van der Waals surface area contributed by atoms with Crippen molar-refractivity contribution in [2.24, 2.45) is 10.8 Å². The molecule has 0 heterocycles. The van der Waals surface area contributed by atoms with E-state index in [1.807, 2.05) is 0 Å². The van der Waals surface area contributed by atoms with Crippen LogP contribution in [0.5, 0.6) is 0 Å². The van der Waals surface area contributed by atoms with Gasteiger partial charge in [-0.05, 0) is 36.5 Å². The van der Waals surface area contributed by atoms with Gasteiger partial charge in [0.25, 0.3) is 0 Å². The van der Waals surface area contributed by atoms with Crippen molar-refractivity contribution in [3.8, 4) is 0 Å². The molecule has 0 radical (unpaired) electrons. The third-order valence-electron chi connectivity index (χ3n) is 3.65. The minimum absolute atomic E-state index is 0. The zero-order valence-electron chi connectivity index (χ0n) is 7.69. The smallest absolute Gasteiger partial charge is 0.0146 e. The minimum Gasteiger partial charge on any atom is -0.0820 e. The zero-order valence-corrected chi connectivity index (χ0v) is 7.69. The average Bonchev–Trinajstić information content (AvgIpc) is 2.18. The van der Waals surface area contributed by atoms with E-state index in [9.17, 15) is 0 Å². The Morgan fingerprint density at radius 2 is 1.00 bits per heavy atom. The maximum Gasteiger partial charge on any atom is -0.0146 e. The van der Waals surface area contributed by atoms with E-state index >= 15 is 0 Å². The van der Waals surface area contributed by atoms with E-state index in [0.29, 0.717) is 10.8 Å². The van der Waals surface area contributed by atoms with E-state index in [0.717, 1.165) is 0 Å². The molecule has 0 aromatic heterocycles. The van der Waals surface area contributed by atoms with Crippen LogP contribution < -0.4 is 0 Å². The topological polar surface area (TPSA) is 0 Å². The fraction of sp³-hybridized carbons (Fsp3) is 0.867. The Morgan fingerprint density at radius 3 is 1.27 bits per heavy atom. The van der Waals surface area contributed by atoms with Gasteiger partial charge in [-0.2, -0.15) is 0 Å². The lowest BCUT2D eigenvalue weighted by molar-refractivity contribution is 0.299. The molecule has 0 saturated heterocycles. The summed E-state index contributed by atoms with van der Waals surface area (Å²) >= 11 is 0. The van der Waals surface area contributed by atoms with Crippen molar-refractivity contribution in [3.05, 3.63) is 12.2 Å². The summed E-state index contributed by atoms with van der Waals surface area (Å²) in [4.78, 5) is 0. The lowest BCUT2D eigenvalue weighted by atomic mass is 9.73. The predicted molar refractivity (Wildman–Crippen MR) is 75.4 cm³/mol. The van der Waals surface area contributed by atoms with Crippen molar-refractivity contribution < 1.29 is 0 Å². The van der Waals surface area contributed by atoms with E-state index in [1.165, 1.54) is 32.1 Å². The molecule has 2 bridgehead atoms. The maximum absolute atomic E-state index is 2.48. The Bertz CT molecular complexity index is 172. The highest BCUT2D eigenvalue weighted by Crippen LogP contribution is 2.48. The van der Waals surface area contributed by atoms with Gasteiger partial charge in [0, 0.05) is 0 Å². The Labute approximate surface area is 99.2 Å². The molecule has 0 aromatic carbocycles. The lowest BCUT2D eigenvalue weighted by Gasteiger charge is -2.32. The van der Waals surface area contributed by atoms with Crippen LogP contribution in [-0.4, -0.2) is 0 Å². The molecular formula is C15H34. The summed E-state index contributed by atoms with van der Waals surface area (Å²) in [6, 6.07) is 0. The number of hydrogen-bond donors (Lipinski definition) is 0. The first-order valence-corrected chi connectivity index (χ1v) is 4.82. The Balaban J connectivity index is -0.000000360. The van der Waals surface area contributed by atoms with Crippen molar-refractivity contribution >= 4 is 0 Å². The number of rotatable bonds is 0. The summed E-state index contributed by atoms with van der Waals surface area (Å²) in [7, 11) is 0. The van der Waals surface area contributed by atoms with Crippen molar-refractivity contribution in [1.29, 1.82) is 0 Å². The molecule has 0 amide bonds. The van der Waals surface area contributed by atoms with Gasteiger partial charge in [0.15, 0.2) is 0 Å². The summed E-state index contributed by atoms with van der Waals surface area (Å²) in [5.41, 5.74) is 1.13. The monoisotopic (exact) mass is 214 g/mol. The first-order valence-electron chi connectivity index (χ1n) is 4.82. The highest BCUT2D eigenvalue weighted by molar-refractivity contribution is 5.11. The third kappa shape index (κ3) is 4.01. The van der Waals surface area contributed by atoms with Gasteiger partial charge in [0.2, 0.25) is 0 Å². The molecule has 0 spiro atoms. The molecule has 1 saturated carbocycles. The highest BCUT2D eigenvalue weighted by Gasteiger charge is 2.35. The first kappa shape index (κ1) is 20.2. The van der Waals surface area contributed by atoms with Gasteiger partial charge < -0.3 is 0 Å². The van der Waals surface area contributed by atoms with Gasteiger partial charge in [-0.3, -0.25) is 0 Å². The maximum atomic E-state index is 2.48. The molecular weight excluding hydrogens is 180 g/mol. The first-order chi connectivity index (χ1) is 5.12. The summed E-state index contributed by atoms with van der Waals surface area (Å²) in [6.45, 7) is 4.82. The quantitative estimate of drug-likeness (QED) is 0.429. The fourth-order valence-electron chi connectivity index (χ4n) is 2.45.